The zero-order chi connectivity index (χ0) is 18.4. The van der Waals surface area contributed by atoms with Gasteiger partial charge in [-0.25, -0.2) is 5.43 Å². The third-order valence-corrected chi connectivity index (χ3v) is 3.38. The number of nitrogens with one attached hydrogen (secondary N) is 2. The second-order valence-corrected chi connectivity index (χ2v) is 5.82. The maximum atomic E-state index is 12.1. The molecular weight excluding hydrogens is 330 g/mol. The van der Waals surface area contributed by atoms with E-state index in [-0.39, 0.29) is 23.3 Å². The van der Waals surface area contributed by atoms with Crippen molar-refractivity contribution < 1.29 is 4.74 Å². The predicted molar refractivity (Wildman–Crippen MR) is 102 cm³/mol. The molecule has 2 N–H and O–H groups in total. The van der Waals surface area contributed by atoms with Gasteiger partial charge in [-0.05, 0) is 43.7 Å². The summed E-state index contributed by atoms with van der Waals surface area (Å²) in [5.74, 6) is 0.975. The number of hydrogen-bond acceptors (Lipinski definition) is 6. The number of hydrazone groups is 1. The maximum Gasteiger partial charge on any atom is 0.279 e. The zero-order valence-electron chi connectivity index (χ0n) is 14.5. The minimum Gasteiger partial charge on any atom is -0.491 e. The van der Waals surface area contributed by atoms with Crippen LogP contribution in [0.4, 0.5) is 5.95 Å². The molecule has 1 aromatic heterocycles. The van der Waals surface area contributed by atoms with Crippen molar-refractivity contribution >= 4 is 12.2 Å². The molecule has 7 heteroatoms. The Labute approximate surface area is 150 Å². The van der Waals surface area contributed by atoms with E-state index in [9.17, 15) is 4.79 Å². The summed E-state index contributed by atoms with van der Waals surface area (Å²) in [6.45, 7) is 3.95. The number of ether oxygens (including phenoxy) is 1. The molecule has 3 aromatic rings. The Morgan fingerprint density at radius 3 is 2.46 bits per heavy atom. The molecule has 0 radical (unpaired) electrons. The lowest BCUT2D eigenvalue weighted by atomic mass is 10.2. The van der Waals surface area contributed by atoms with Crippen LogP contribution >= 0.6 is 0 Å². The quantitative estimate of drug-likeness (QED) is 0.527. The monoisotopic (exact) mass is 349 g/mol. The molecule has 26 heavy (non-hydrogen) atoms. The first-order chi connectivity index (χ1) is 12.6. The fourth-order valence-corrected chi connectivity index (χ4v) is 2.24. The maximum absolute atomic E-state index is 12.1. The molecule has 0 aliphatic rings. The predicted octanol–water partition coefficient (Wildman–Crippen LogP) is 3.07. The van der Waals surface area contributed by atoms with Crippen molar-refractivity contribution in [2.24, 2.45) is 5.10 Å². The Balaban J connectivity index is 1.65. The van der Waals surface area contributed by atoms with Gasteiger partial charge < -0.3 is 4.74 Å². The van der Waals surface area contributed by atoms with E-state index in [0.717, 1.165) is 11.3 Å². The molecule has 0 atom stereocenters. The first-order valence-corrected chi connectivity index (χ1v) is 8.20. The second kappa shape index (κ2) is 8.06. The zero-order valence-corrected chi connectivity index (χ0v) is 14.5. The van der Waals surface area contributed by atoms with Gasteiger partial charge in [0.05, 0.1) is 12.3 Å². The van der Waals surface area contributed by atoms with E-state index in [2.05, 4.69) is 25.7 Å². The summed E-state index contributed by atoms with van der Waals surface area (Å²) >= 11 is 0. The van der Waals surface area contributed by atoms with Gasteiger partial charge in [-0.1, -0.05) is 30.3 Å². The lowest BCUT2D eigenvalue weighted by molar-refractivity contribution is 0.242. The average molecular weight is 349 g/mol. The van der Waals surface area contributed by atoms with Crippen molar-refractivity contribution in [3.8, 4) is 17.0 Å². The lowest BCUT2D eigenvalue weighted by Gasteiger charge is -2.09. The lowest BCUT2D eigenvalue weighted by Crippen LogP contribution is -2.15. The van der Waals surface area contributed by atoms with Crippen molar-refractivity contribution in [2.75, 3.05) is 5.43 Å². The van der Waals surface area contributed by atoms with Crippen LogP contribution in [0.2, 0.25) is 0 Å². The number of anilines is 1. The number of nitrogens with zero attached hydrogens (tertiary/aromatic N) is 3. The molecule has 132 valence electrons. The molecule has 0 fully saturated rings. The smallest absolute Gasteiger partial charge is 0.279 e. The standard InChI is InChI=1S/C19H19N5O2/c1-13(2)26-16-10-8-14(9-11-16)12-20-23-19-21-18(25)17(22-24-19)15-6-4-3-5-7-15/h3-13H,1-2H3,(H2,21,23,24,25)/b20-12+. The van der Waals surface area contributed by atoms with Crippen LogP contribution in [0.1, 0.15) is 19.4 Å². The molecule has 7 nitrogen and oxygen atoms in total. The van der Waals surface area contributed by atoms with Crippen molar-refractivity contribution in [3.05, 3.63) is 70.5 Å². The Hall–Kier alpha value is -3.48. The van der Waals surface area contributed by atoms with E-state index in [1.54, 1.807) is 18.3 Å². The number of H-pyrrole nitrogens is 1. The summed E-state index contributed by atoms with van der Waals surface area (Å²) in [5.41, 5.74) is 4.19. The van der Waals surface area contributed by atoms with Crippen molar-refractivity contribution in [3.63, 3.8) is 0 Å². The van der Waals surface area contributed by atoms with E-state index in [0.29, 0.717) is 5.56 Å². The SMILES string of the molecule is CC(C)Oc1ccc(/C=N/Nc2nnc(-c3ccccc3)c(=O)[nH]2)cc1. The van der Waals surface area contributed by atoms with Gasteiger partial charge in [-0.15, -0.1) is 10.2 Å². The van der Waals surface area contributed by atoms with Gasteiger partial charge in [0, 0.05) is 5.56 Å². The fourth-order valence-electron chi connectivity index (χ4n) is 2.24. The van der Waals surface area contributed by atoms with Gasteiger partial charge in [0.1, 0.15) is 5.75 Å². The van der Waals surface area contributed by atoms with Crippen LogP contribution in [0.3, 0.4) is 0 Å². The third-order valence-electron chi connectivity index (χ3n) is 3.38. The number of rotatable bonds is 6. The van der Waals surface area contributed by atoms with E-state index in [1.165, 1.54) is 0 Å². The fraction of sp³-hybridized carbons (Fsp3) is 0.158. The largest absolute Gasteiger partial charge is 0.491 e. The molecule has 1 heterocycles. The average Bonchev–Trinajstić information content (AvgIpc) is 2.64. The summed E-state index contributed by atoms with van der Waals surface area (Å²) in [6, 6.07) is 16.7. The van der Waals surface area contributed by atoms with Crippen molar-refractivity contribution in [2.45, 2.75) is 20.0 Å². The van der Waals surface area contributed by atoms with E-state index < -0.39 is 0 Å². The van der Waals surface area contributed by atoms with Crippen molar-refractivity contribution in [1.82, 2.24) is 15.2 Å². The number of hydrogen-bond donors (Lipinski definition) is 2. The van der Waals surface area contributed by atoms with Crippen LogP contribution in [0, 0.1) is 0 Å². The van der Waals surface area contributed by atoms with Gasteiger partial charge in [-0.3, -0.25) is 9.78 Å². The van der Waals surface area contributed by atoms with Gasteiger partial charge in [0.2, 0.25) is 5.95 Å². The highest BCUT2D eigenvalue weighted by atomic mass is 16.5. The molecule has 0 saturated heterocycles. The molecule has 0 bridgehead atoms. The topological polar surface area (TPSA) is 92.3 Å². The first-order valence-electron chi connectivity index (χ1n) is 8.20. The van der Waals surface area contributed by atoms with E-state index in [4.69, 9.17) is 4.74 Å². The minimum atomic E-state index is -0.334. The van der Waals surface area contributed by atoms with E-state index >= 15 is 0 Å². The van der Waals surface area contributed by atoms with Crippen molar-refractivity contribution in [1.29, 1.82) is 0 Å². The number of aromatic nitrogens is 3. The summed E-state index contributed by atoms with van der Waals surface area (Å²) < 4.78 is 5.59. The highest BCUT2D eigenvalue weighted by Gasteiger charge is 2.06. The Kier molecular flexibility index (Phi) is 5.38. The van der Waals surface area contributed by atoms with Gasteiger partial charge in [-0.2, -0.15) is 5.10 Å². The summed E-state index contributed by atoms with van der Waals surface area (Å²) in [6.07, 6.45) is 1.75. The molecule has 0 spiro atoms. The highest BCUT2D eigenvalue weighted by molar-refractivity contribution is 5.80. The molecule has 0 unspecified atom stereocenters. The Morgan fingerprint density at radius 2 is 1.81 bits per heavy atom. The Morgan fingerprint density at radius 1 is 1.08 bits per heavy atom. The van der Waals surface area contributed by atoms with Gasteiger partial charge >= 0.3 is 0 Å². The summed E-state index contributed by atoms with van der Waals surface area (Å²) in [7, 11) is 0. The number of aromatic amines is 1. The number of benzene rings is 2. The normalized spacial score (nSPS) is 11.0. The highest BCUT2D eigenvalue weighted by Crippen LogP contribution is 2.13. The molecular formula is C19H19N5O2. The molecule has 0 aliphatic heterocycles. The molecule has 0 saturated carbocycles. The summed E-state index contributed by atoms with van der Waals surface area (Å²) in [5, 5.41) is 12.0. The Bertz CT molecular complexity index is 934. The molecule has 3 rings (SSSR count). The van der Waals surface area contributed by atoms with Crippen LogP contribution in [0.15, 0.2) is 64.5 Å². The van der Waals surface area contributed by atoms with Gasteiger partial charge in [0.25, 0.3) is 5.56 Å². The van der Waals surface area contributed by atoms with Crippen LogP contribution in [-0.2, 0) is 0 Å². The summed E-state index contributed by atoms with van der Waals surface area (Å²) in [4.78, 5) is 14.8. The molecule has 0 aliphatic carbocycles. The third kappa shape index (κ3) is 4.54. The second-order valence-electron chi connectivity index (χ2n) is 5.82. The van der Waals surface area contributed by atoms with Crippen LogP contribution in [0.5, 0.6) is 5.75 Å². The van der Waals surface area contributed by atoms with Crippen LogP contribution in [-0.4, -0.2) is 27.5 Å². The van der Waals surface area contributed by atoms with E-state index in [1.807, 2.05) is 56.3 Å². The molecule has 0 amide bonds. The van der Waals surface area contributed by atoms with Crippen LogP contribution < -0.4 is 15.7 Å². The molecule has 2 aromatic carbocycles. The minimum absolute atomic E-state index is 0.130. The van der Waals surface area contributed by atoms with Crippen LogP contribution in [0.25, 0.3) is 11.3 Å². The van der Waals surface area contributed by atoms with Gasteiger partial charge in [0.15, 0.2) is 5.69 Å². The first kappa shape index (κ1) is 17.3.